The van der Waals surface area contributed by atoms with E-state index in [0.717, 1.165) is 6.42 Å². The Bertz CT molecular complexity index is 432. The van der Waals surface area contributed by atoms with Crippen molar-refractivity contribution in [3.05, 3.63) is 29.8 Å². The third-order valence-electron chi connectivity index (χ3n) is 2.43. The molecule has 0 bridgehead atoms. The molecular weight excluding hydrogens is 232 g/mol. The summed E-state index contributed by atoms with van der Waals surface area (Å²) in [7, 11) is 1.53. The normalized spacial score (nSPS) is 9.89. The zero-order valence-corrected chi connectivity index (χ0v) is 10.6. The maximum absolute atomic E-state index is 12.0. The predicted octanol–water partition coefficient (Wildman–Crippen LogP) is 0.990. The van der Waals surface area contributed by atoms with Gasteiger partial charge in [-0.25, -0.2) is 0 Å². The molecule has 2 N–H and O–H groups in total. The number of aromatic hydroxyl groups is 1. The van der Waals surface area contributed by atoms with E-state index in [9.17, 15) is 14.7 Å². The van der Waals surface area contributed by atoms with Crippen LogP contribution in [0.25, 0.3) is 0 Å². The lowest BCUT2D eigenvalue weighted by Gasteiger charge is -2.17. The summed E-state index contributed by atoms with van der Waals surface area (Å²) < 4.78 is 0. The average Bonchev–Trinajstić information content (AvgIpc) is 2.36. The summed E-state index contributed by atoms with van der Waals surface area (Å²) in [4.78, 5) is 24.7. The number of rotatable bonds is 5. The number of hydrogen-bond acceptors (Lipinski definition) is 3. The molecule has 0 unspecified atom stereocenters. The third kappa shape index (κ3) is 3.76. The van der Waals surface area contributed by atoms with Gasteiger partial charge >= 0.3 is 0 Å². The minimum atomic E-state index is -0.375. The lowest BCUT2D eigenvalue weighted by atomic mass is 10.2. The van der Waals surface area contributed by atoms with Crippen molar-refractivity contribution in [1.29, 1.82) is 0 Å². The van der Waals surface area contributed by atoms with Crippen molar-refractivity contribution >= 4 is 11.8 Å². The first-order chi connectivity index (χ1) is 8.56. The number of benzene rings is 1. The number of carbonyl (C=O) groups is 2. The molecule has 0 aromatic heterocycles. The van der Waals surface area contributed by atoms with Crippen molar-refractivity contribution < 1.29 is 14.7 Å². The van der Waals surface area contributed by atoms with Crippen LogP contribution >= 0.6 is 0 Å². The Morgan fingerprint density at radius 3 is 2.61 bits per heavy atom. The summed E-state index contributed by atoms with van der Waals surface area (Å²) >= 11 is 0. The second kappa shape index (κ2) is 6.64. The first-order valence-corrected chi connectivity index (χ1v) is 5.86. The second-order valence-electron chi connectivity index (χ2n) is 4.03. The predicted molar refractivity (Wildman–Crippen MR) is 68.4 cm³/mol. The van der Waals surface area contributed by atoms with Gasteiger partial charge in [-0.2, -0.15) is 0 Å². The smallest absolute Gasteiger partial charge is 0.257 e. The fraction of sp³-hybridized carbons (Fsp3) is 0.385. The van der Waals surface area contributed by atoms with Crippen molar-refractivity contribution in [2.75, 3.05) is 20.1 Å². The zero-order valence-electron chi connectivity index (χ0n) is 10.6. The Morgan fingerprint density at radius 2 is 2.00 bits per heavy atom. The molecule has 0 aliphatic carbocycles. The summed E-state index contributed by atoms with van der Waals surface area (Å²) in [5, 5.41) is 12.2. The molecule has 5 nitrogen and oxygen atoms in total. The highest BCUT2D eigenvalue weighted by molar-refractivity contribution is 5.98. The Kier molecular flexibility index (Phi) is 5.17. The number of phenols is 1. The molecule has 0 saturated heterocycles. The monoisotopic (exact) mass is 250 g/mol. The molecular formula is C13H18N2O3. The molecule has 2 amide bonds. The number of hydrogen-bond donors (Lipinski definition) is 2. The highest BCUT2D eigenvalue weighted by atomic mass is 16.3. The molecule has 0 fully saturated rings. The van der Waals surface area contributed by atoms with Gasteiger partial charge in [-0.15, -0.1) is 0 Å². The van der Waals surface area contributed by atoms with E-state index in [0.29, 0.717) is 6.54 Å². The summed E-state index contributed by atoms with van der Waals surface area (Å²) in [6.07, 6.45) is 0.850. The van der Waals surface area contributed by atoms with E-state index >= 15 is 0 Å². The summed E-state index contributed by atoms with van der Waals surface area (Å²) in [5.41, 5.74) is 0.197. The molecule has 98 valence electrons. The minimum Gasteiger partial charge on any atom is -0.507 e. The third-order valence-corrected chi connectivity index (χ3v) is 2.43. The maximum Gasteiger partial charge on any atom is 0.257 e. The van der Waals surface area contributed by atoms with Crippen LogP contribution in [0.15, 0.2) is 24.3 Å². The second-order valence-corrected chi connectivity index (χ2v) is 4.03. The summed E-state index contributed by atoms with van der Waals surface area (Å²) in [6, 6.07) is 6.27. The highest BCUT2D eigenvalue weighted by Gasteiger charge is 2.17. The quantitative estimate of drug-likeness (QED) is 0.818. The molecule has 5 heteroatoms. The van der Waals surface area contributed by atoms with Gasteiger partial charge in [0, 0.05) is 13.6 Å². The van der Waals surface area contributed by atoms with Crippen molar-refractivity contribution in [1.82, 2.24) is 10.2 Å². The standard InChI is InChI=1S/C13H18N2O3/c1-3-8-14-12(17)9-15(2)13(18)10-6-4-5-7-11(10)16/h4-7,16H,3,8-9H2,1-2H3,(H,14,17). The van der Waals surface area contributed by atoms with Crippen LogP contribution < -0.4 is 5.32 Å². The van der Waals surface area contributed by atoms with E-state index in [1.54, 1.807) is 12.1 Å². The molecule has 18 heavy (non-hydrogen) atoms. The van der Waals surface area contributed by atoms with Crippen molar-refractivity contribution in [2.24, 2.45) is 0 Å². The van der Waals surface area contributed by atoms with Crippen LogP contribution in [-0.2, 0) is 4.79 Å². The van der Waals surface area contributed by atoms with E-state index in [1.165, 1.54) is 24.1 Å². The molecule has 0 aliphatic heterocycles. The van der Waals surface area contributed by atoms with Gasteiger partial charge in [-0.1, -0.05) is 19.1 Å². The van der Waals surface area contributed by atoms with Crippen LogP contribution in [0.3, 0.4) is 0 Å². The van der Waals surface area contributed by atoms with E-state index in [-0.39, 0.29) is 29.7 Å². The van der Waals surface area contributed by atoms with Gasteiger partial charge in [-0.3, -0.25) is 9.59 Å². The Morgan fingerprint density at radius 1 is 1.33 bits per heavy atom. The lowest BCUT2D eigenvalue weighted by Crippen LogP contribution is -2.38. The number of carbonyl (C=O) groups excluding carboxylic acids is 2. The van der Waals surface area contributed by atoms with Crippen LogP contribution in [0.1, 0.15) is 23.7 Å². The molecule has 0 radical (unpaired) electrons. The fourth-order valence-electron chi connectivity index (χ4n) is 1.47. The summed E-state index contributed by atoms with van der Waals surface area (Å²) in [5.74, 6) is -0.661. The van der Waals surface area contributed by atoms with Gasteiger partial charge in [0.15, 0.2) is 0 Å². The number of para-hydroxylation sites is 1. The van der Waals surface area contributed by atoms with Gasteiger partial charge < -0.3 is 15.3 Å². The largest absolute Gasteiger partial charge is 0.507 e. The van der Waals surface area contributed by atoms with Crippen LogP contribution in [0.2, 0.25) is 0 Å². The molecule has 0 saturated carbocycles. The first-order valence-electron chi connectivity index (χ1n) is 5.86. The number of nitrogens with one attached hydrogen (secondary N) is 1. The van der Waals surface area contributed by atoms with Crippen molar-refractivity contribution in [3.63, 3.8) is 0 Å². The molecule has 1 aromatic rings. The SMILES string of the molecule is CCCNC(=O)CN(C)C(=O)c1ccccc1O. The fourth-order valence-corrected chi connectivity index (χ4v) is 1.47. The minimum absolute atomic E-state index is 0.0207. The number of amides is 2. The van der Waals surface area contributed by atoms with Gasteiger partial charge in [0.05, 0.1) is 12.1 Å². The van der Waals surface area contributed by atoms with E-state index in [2.05, 4.69) is 5.32 Å². The number of nitrogens with zero attached hydrogens (tertiary/aromatic N) is 1. The summed E-state index contributed by atoms with van der Waals surface area (Å²) in [6.45, 7) is 2.53. The molecule has 0 atom stereocenters. The number of likely N-dealkylation sites (N-methyl/N-ethyl adjacent to an activating group) is 1. The molecule has 1 rings (SSSR count). The Hall–Kier alpha value is -2.04. The average molecular weight is 250 g/mol. The number of phenolic OH excluding ortho intramolecular Hbond substituents is 1. The van der Waals surface area contributed by atoms with Gasteiger partial charge in [0.2, 0.25) is 5.91 Å². The van der Waals surface area contributed by atoms with E-state index in [4.69, 9.17) is 0 Å². The van der Waals surface area contributed by atoms with Crippen molar-refractivity contribution in [2.45, 2.75) is 13.3 Å². The molecule has 0 heterocycles. The Labute approximate surface area is 106 Å². The van der Waals surface area contributed by atoms with E-state index in [1.807, 2.05) is 6.92 Å². The van der Waals surface area contributed by atoms with Crippen molar-refractivity contribution in [3.8, 4) is 5.75 Å². The van der Waals surface area contributed by atoms with Crippen LogP contribution in [0.5, 0.6) is 5.75 Å². The molecule has 0 spiro atoms. The Balaban J connectivity index is 2.62. The van der Waals surface area contributed by atoms with Crippen LogP contribution in [0, 0.1) is 0 Å². The van der Waals surface area contributed by atoms with Gasteiger partial charge in [-0.05, 0) is 18.6 Å². The molecule has 0 aliphatic rings. The van der Waals surface area contributed by atoms with Crippen LogP contribution in [-0.4, -0.2) is 42.0 Å². The van der Waals surface area contributed by atoms with Gasteiger partial charge in [0.1, 0.15) is 5.75 Å². The molecule has 1 aromatic carbocycles. The van der Waals surface area contributed by atoms with Crippen LogP contribution in [0.4, 0.5) is 0 Å². The zero-order chi connectivity index (χ0) is 13.5. The van der Waals surface area contributed by atoms with Gasteiger partial charge in [0.25, 0.3) is 5.91 Å². The highest BCUT2D eigenvalue weighted by Crippen LogP contribution is 2.16. The van der Waals surface area contributed by atoms with E-state index < -0.39 is 0 Å². The first kappa shape index (κ1) is 14.0. The topological polar surface area (TPSA) is 69.6 Å². The maximum atomic E-state index is 12.0. The lowest BCUT2D eigenvalue weighted by molar-refractivity contribution is -0.121.